The number of imidazole rings is 1. The predicted molar refractivity (Wildman–Crippen MR) is 101 cm³/mol. The Morgan fingerprint density at radius 2 is 2.04 bits per heavy atom. The van der Waals surface area contributed by atoms with Gasteiger partial charge in [0, 0.05) is 17.8 Å². The zero-order valence-corrected chi connectivity index (χ0v) is 14.7. The van der Waals surface area contributed by atoms with E-state index in [1.165, 1.54) is 6.33 Å². The Bertz CT molecular complexity index is 1140. The topological polar surface area (TPSA) is 105 Å². The summed E-state index contributed by atoms with van der Waals surface area (Å²) in [5.41, 5.74) is 9.81. The Morgan fingerprint density at radius 1 is 1.15 bits per heavy atom. The van der Waals surface area contributed by atoms with E-state index in [4.69, 9.17) is 15.5 Å². The highest BCUT2D eigenvalue weighted by atomic mass is 16.5. The zero-order valence-electron chi connectivity index (χ0n) is 14.7. The van der Waals surface area contributed by atoms with Crippen LogP contribution in [-0.4, -0.2) is 36.6 Å². The van der Waals surface area contributed by atoms with E-state index in [0.717, 1.165) is 41.3 Å². The van der Waals surface area contributed by atoms with Crippen LogP contribution >= 0.6 is 0 Å². The molecule has 3 aromatic heterocycles. The molecule has 1 fully saturated rings. The smallest absolute Gasteiger partial charge is 0.222 e. The number of nitrogens with two attached hydrogens (primary N) is 1. The number of nitrogens with zero attached hydrogens (tertiary/aromatic N) is 6. The lowest BCUT2D eigenvalue weighted by Crippen LogP contribution is -2.03. The summed E-state index contributed by atoms with van der Waals surface area (Å²) < 4.78 is 7.47. The number of ether oxygens (including phenoxy) is 1. The Labute approximate surface area is 155 Å². The number of anilines is 1. The van der Waals surface area contributed by atoms with Crippen molar-refractivity contribution in [2.24, 2.45) is 0 Å². The van der Waals surface area contributed by atoms with Crippen LogP contribution in [0.3, 0.4) is 0 Å². The lowest BCUT2D eigenvalue weighted by atomic mass is 10.1. The quantitative estimate of drug-likeness (QED) is 0.597. The summed E-state index contributed by atoms with van der Waals surface area (Å²) in [6.45, 7) is 0. The third kappa shape index (κ3) is 2.66. The molecule has 0 radical (unpaired) electrons. The standard InChI is InChI=1S/C19H17N7O/c1-27-13-4-2-3-11(9-13)15-16-18(25-19(20)24-15)26(12-5-6-12)17(23-16)14-7-8-21-10-22-14/h2-4,7-10,12H,5-6H2,1H3,(H2,20,24,25). The highest BCUT2D eigenvalue weighted by Crippen LogP contribution is 2.42. The van der Waals surface area contributed by atoms with Crippen molar-refractivity contribution in [2.75, 3.05) is 12.8 Å². The first-order valence-electron chi connectivity index (χ1n) is 8.71. The van der Waals surface area contributed by atoms with Crippen LogP contribution in [0, 0.1) is 0 Å². The van der Waals surface area contributed by atoms with Crippen LogP contribution in [0.25, 0.3) is 33.9 Å². The Kier molecular flexibility index (Phi) is 3.49. The number of fused-ring (bicyclic) bond motifs is 1. The largest absolute Gasteiger partial charge is 0.497 e. The van der Waals surface area contributed by atoms with Gasteiger partial charge in [0.05, 0.1) is 7.11 Å². The lowest BCUT2D eigenvalue weighted by Gasteiger charge is -2.07. The molecule has 1 saturated carbocycles. The molecule has 0 aliphatic heterocycles. The summed E-state index contributed by atoms with van der Waals surface area (Å²) in [7, 11) is 1.64. The highest BCUT2D eigenvalue weighted by molar-refractivity contribution is 5.91. The second-order valence-corrected chi connectivity index (χ2v) is 6.47. The molecular weight excluding hydrogens is 342 g/mol. The highest BCUT2D eigenvalue weighted by Gasteiger charge is 2.31. The summed E-state index contributed by atoms with van der Waals surface area (Å²) >= 11 is 0. The van der Waals surface area contributed by atoms with Gasteiger partial charge in [0.15, 0.2) is 11.5 Å². The van der Waals surface area contributed by atoms with Crippen LogP contribution in [0.4, 0.5) is 5.95 Å². The van der Waals surface area contributed by atoms with E-state index in [2.05, 4.69) is 24.5 Å². The Hall–Kier alpha value is -3.55. The zero-order chi connectivity index (χ0) is 18.4. The third-order valence-electron chi connectivity index (χ3n) is 4.62. The predicted octanol–water partition coefficient (Wildman–Crippen LogP) is 2.88. The summed E-state index contributed by atoms with van der Waals surface area (Å²) in [6.07, 6.45) is 5.40. The molecule has 1 aromatic carbocycles. The van der Waals surface area contributed by atoms with Gasteiger partial charge in [0.1, 0.15) is 29.0 Å². The van der Waals surface area contributed by atoms with Crippen LogP contribution < -0.4 is 10.5 Å². The van der Waals surface area contributed by atoms with E-state index >= 15 is 0 Å². The molecule has 2 N–H and O–H groups in total. The molecule has 8 heteroatoms. The number of hydrogen-bond donors (Lipinski definition) is 1. The normalized spacial score (nSPS) is 13.8. The summed E-state index contributed by atoms with van der Waals surface area (Å²) in [5.74, 6) is 1.73. The molecule has 0 saturated heterocycles. The molecule has 134 valence electrons. The Balaban J connectivity index is 1.80. The van der Waals surface area contributed by atoms with Crippen molar-refractivity contribution in [2.45, 2.75) is 18.9 Å². The SMILES string of the molecule is COc1cccc(-c2nc(N)nc3c2nc(-c2ccncn2)n3C2CC2)c1. The molecule has 0 bridgehead atoms. The van der Waals surface area contributed by atoms with Crippen molar-refractivity contribution in [3.05, 3.63) is 42.9 Å². The minimum atomic E-state index is 0.219. The molecule has 27 heavy (non-hydrogen) atoms. The van der Waals surface area contributed by atoms with Crippen molar-refractivity contribution in [3.63, 3.8) is 0 Å². The monoisotopic (exact) mass is 359 g/mol. The first-order valence-corrected chi connectivity index (χ1v) is 8.71. The number of benzene rings is 1. The molecule has 0 unspecified atom stereocenters. The van der Waals surface area contributed by atoms with Crippen LogP contribution in [0.1, 0.15) is 18.9 Å². The van der Waals surface area contributed by atoms with E-state index in [1.54, 1.807) is 13.3 Å². The first kappa shape index (κ1) is 15.7. The fraction of sp³-hybridized carbons (Fsp3) is 0.211. The average molecular weight is 359 g/mol. The van der Waals surface area contributed by atoms with E-state index in [1.807, 2.05) is 30.3 Å². The van der Waals surface area contributed by atoms with Crippen molar-refractivity contribution >= 4 is 17.1 Å². The van der Waals surface area contributed by atoms with Gasteiger partial charge < -0.3 is 15.0 Å². The van der Waals surface area contributed by atoms with Crippen LogP contribution in [-0.2, 0) is 0 Å². The minimum Gasteiger partial charge on any atom is -0.497 e. The van der Waals surface area contributed by atoms with Gasteiger partial charge in [0.25, 0.3) is 0 Å². The second-order valence-electron chi connectivity index (χ2n) is 6.47. The fourth-order valence-electron chi connectivity index (χ4n) is 3.24. The molecule has 1 aliphatic rings. The molecule has 0 amide bonds. The molecule has 8 nitrogen and oxygen atoms in total. The van der Waals surface area contributed by atoms with Gasteiger partial charge in [-0.25, -0.2) is 19.9 Å². The van der Waals surface area contributed by atoms with Crippen LogP contribution in [0.2, 0.25) is 0 Å². The number of rotatable bonds is 4. The molecule has 0 atom stereocenters. The van der Waals surface area contributed by atoms with Crippen molar-refractivity contribution < 1.29 is 4.74 Å². The first-order chi connectivity index (χ1) is 13.2. The van der Waals surface area contributed by atoms with E-state index < -0.39 is 0 Å². The molecule has 1 aliphatic carbocycles. The molecular formula is C19H17N7O. The minimum absolute atomic E-state index is 0.219. The van der Waals surface area contributed by atoms with Crippen molar-refractivity contribution in [1.29, 1.82) is 0 Å². The van der Waals surface area contributed by atoms with E-state index in [-0.39, 0.29) is 5.95 Å². The van der Waals surface area contributed by atoms with Crippen LogP contribution in [0.5, 0.6) is 5.75 Å². The summed E-state index contributed by atoms with van der Waals surface area (Å²) in [6, 6.07) is 9.89. The summed E-state index contributed by atoms with van der Waals surface area (Å²) in [5, 5.41) is 0. The van der Waals surface area contributed by atoms with Gasteiger partial charge >= 0.3 is 0 Å². The maximum atomic E-state index is 6.05. The molecule has 3 heterocycles. The number of aromatic nitrogens is 6. The lowest BCUT2D eigenvalue weighted by molar-refractivity contribution is 0.415. The average Bonchev–Trinajstić information content (AvgIpc) is 3.48. The molecule has 0 spiro atoms. The van der Waals surface area contributed by atoms with Gasteiger partial charge in [-0.2, -0.15) is 4.98 Å². The number of nitrogen functional groups attached to an aromatic ring is 1. The molecule has 4 aromatic rings. The van der Waals surface area contributed by atoms with Gasteiger partial charge in [-0.1, -0.05) is 12.1 Å². The van der Waals surface area contributed by atoms with E-state index in [0.29, 0.717) is 17.3 Å². The van der Waals surface area contributed by atoms with Crippen molar-refractivity contribution in [3.8, 4) is 28.5 Å². The molecule has 5 rings (SSSR count). The second kappa shape index (κ2) is 6.01. The maximum Gasteiger partial charge on any atom is 0.222 e. The van der Waals surface area contributed by atoms with Crippen molar-refractivity contribution in [1.82, 2.24) is 29.5 Å². The third-order valence-corrected chi connectivity index (χ3v) is 4.62. The van der Waals surface area contributed by atoms with E-state index in [9.17, 15) is 0 Å². The number of methoxy groups -OCH3 is 1. The fourth-order valence-corrected chi connectivity index (χ4v) is 3.24. The summed E-state index contributed by atoms with van der Waals surface area (Å²) in [4.78, 5) is 22.2. The van der Waals surface area contributed by atoms with Gasteiger partial charge in [-0.05, 0) is 31.0 Å². The van der Waals surface area contributed by atoms with Gasteiger partial charge in [-0.3, -0.25) is 0 Å². The maximum absolute atomic E-state index is 6.05. The Morgan fingerprint density at radius 3 is 2.78 bits per heavy atom. The van der Waals surface area contributed by atoms with Crippen LogP contribution in [0.15, 0.2) is 42.9 Å². The number of hydrogen-bond acceptors (Lipinski definition) is 7. The van der Waals surface area contributed by atoms with Gasteiger partial charge in [0.2, 0.25) is 5.95 Å². The van der Waals surface area contributed by atoms with Gasteiger partial charge in [-0.15, -0.1) is 0 Å².